The molecule has 0 unspecified atom stereocenters. The Morgan fingerprint density at radius 2 is 1.95 bits per heavy atom. The van der Waals surface area contributed by atoms with Crippen LogP contribution in [0.1, 0.15) is 31.4 Å². The Bertz CT molecular complexity index is 408. The van der Waals surface area contributed by atoms with E-state index in [1.54, 1.807) is 7.11 Å². The Labute approximate surface area is 139 Å². The lowest BCUT2D eigenvalue weighted by atomic mass is 10.1. The molecule has 4 nitrogen and oxygen atoms in total. The first kappa shape index (κ1) is 19.2. The summed E-state index contributed by atoms with van der Waals surface area (Å²) >= 11 is 0. The third-order valence-corrected chi connectivity index (χ3v) is 2.87. The monoisotopic (exact) mass is 391 g/mol. The predicted molar refractivity (Wildman–Crippen MR) is 95.4 cm³/mol. The number of aliphatic imine (C=N–C) groups is 1. The zero-order valence-corrected chi connectivity index (χ0v) is 14.9. The molecule has 0 bridgehead atoms. The smallest absolute Gasteiger partial charge is 0.188 e. The van der Waals surface area contributed by atoms with Crippen LogP contribution in [0.15, 0.2) is 29.3 Å². The van der Waals surface area contributed by atoms with Crippen molar-refractivity contribution < 1.29 is 4.74 Å². The van der Waals surface area contributed by atoms with Gasteiger partial charge in [-0.2, -0.15) is 0 Å². The van der Waals surface area contributed by atoms with Gasteiger partial charge in [0.25, 0.3) is 0 Å². The molecule has 0 saturated carbocycles. The molecular formula is C15H26IN3O. The van der Waals surface area contributed by atoms with E-state index in [1.807, 2.05) is 12.1 Å². The number of nitrogens with zero attached hydrogens (tertiary/aromatic N) is 1. The Morgan fingerprint density at radius 3 is 2.55 bits per heavy atom. The molecule has 0 fully saturated rings. The van der Waals surface area contributed by atoms with Crippen molar-refractivity contribution in [2.24, 2.45) is 16.6 Å². The highest BCUT2D eigenvalue weighted by Crippen LogP contribution is 2.10. The van der Waals surface area contributed by atoms with E-state index in [1.165, 1.54) is 0 Å². The quantitative estimate of drug-likeness (QED) is 0.427. The van der Waals surface area contributed by atoms with E-state index in [4.69, 9.17) is 10.5 Å². The Balaban J connectivity index is 0.00000361. The molecule has 0 aliphatic heterocycles. The van der Waals surface area contributed by atoms with Gasteiger partial charge in [-0.1, -0.05) is 38.1 Å². The minimum absolute atomic E-state index is 0. The molecular weight excluding hydrogens is 365 g/mol. The number of nitrogens with two attached hydrogens (primary N) is 1. The molecule has 114 valence electrons. The molecule has 0 saturated heterocycles. The Morgan fingerprint density at radius 1 is 1.30 bits per heavy atom. The van der Waals surface area contributed by atoms with Crippen LogP contribution >= 0.6 is 24.0 Å². The molecule has 3 N–H and O–H groups in total. The lowest BCUT2D eigenvalue weighted by molar-refractivity contribution is 0.184. The molecule has 1 aromatic carbocycles. The summed E-state index contributed by atoms with van der Waals surface area (Å²) in [7, 11) is 1.70. The van der Waals surface area contributed by atoms with Crippen molar-refractivity contribution in [3.05, 3.63) is 35.4 Å². The van der Waals surface area contributed by atoms with Crippen LogP contribution in [0.25, 0.3) is 0 Å². The first-order valence-corrected chi connectivity index (χ1v) is 6.73. The van der Waals surface area contributed by atoms with Crippen molar-refractivity contribution >= 4 is 29.9 Å². The number of ether oxygens (including phenoxy) is 1. The van der Waals surface area contributed by atoms with E-state index in [2.05, 4.69) is 36.3 Å². The fourth-order valence-electron chi connectivity index (χ4n) is 1.72. The first-order valence-electron chi connectivity index (χ1n) is 6.73. The zero-order valence-electron chi connectivity index (χ0n) is 12.6. The summed E-state index contributed by atoms with van der Waals surface area (Å²) in [6.07, 6.45) is 1.09. The van der Waals surface area contributed by atoms with Crippen LogP contribution in [0.4, 0.5) is 0 Å². The maximum absolute atomic E-state index is 5.84. The standard InChI is InChI=1S/C15H25N3O.HI/c1-12(2)8-9-17-15(16)18-10-13-6-4-5-7-14(13)11-19-3;/h4-7,12H,8-11H2,1-3H3,(H3,16,17,18);1H. The second-order valence-corrected chi connectivity index (χ2v) is 5.01. The Hall–Kier alpha value is -0.820. The number of nitrogens with one attached hydrogen (secondary N) is 1. The van der Waals surface area contributed by atoms with Gasteiger partial charge in [-0.05, 0) is 23.5 Å². The molecule has 1 aromatic rings. The fraction of sp³-hybridized carbons (Fsp3) is 0.533. The molecule has 5 heteroatoms. The highest BCUT2D eigenvalue weighted by atomic mass is 127. The SMILES string of the molecule is COCc1ccccc1CN=C(N)NCCC(C)C.I. The molecule has 0 spiro atoms. The predicted octanol–water partition coefficient (Wildman–Crippen LogP) is 2.90. The van der Waals surface area contributed by atoms with Gasteiger partial charge in [-0.3, -0.25) is 0 Å². The van der Waals surface area contributed by atoms with Gasteiger partial charge in [-0.15, -0.1) is 24.0 Å². The van der Waals surface area contributed by atoms with Gasteiger partial charge in [0.05, 0.1) is 13.2 Å². The minimum Gasteiger partial charge on any atom is -0.380 e. The molecule has 0 aliphatic carbocycles. The average Bonchev–Trinajstić information content (AvgIpc) is 2.37. The number of benzene rings is 1. The van der Waals surface area contributed by atoms with Crippen LogP contribution < -0.4 is 11.1 Å². The molecule has 0 atom stereocenters. The van der Waals surface area contributed by atoms with Crippen molar-refractivity contribution in [1.29, 1.82) is 0 Å². The third-order valence-electron chi connectivity index (χ3n) is 2.87. The third kappa shape index (κ3) is 7.69. The molecule has 20 heavy (non-hydrogen) atoms. The summed E-state index contributed by atoms with van der Waals surface area (Å²) in [4.78, 5) is 4.36. The normalized spacial score (nSPS) is 11.3. The van der Waals surface area contributed by atoms with E-state index in [0.29, 0.717) is 25.0 Å². The van der Waals surface area contributed by atoms with Crippen molar-refractivity contribution in [3.8, 4) is 0 Å². The van der Waals surface area contributed by atoms with Crippen molar-refractivity contribution in [2.45, 2.75) is 33.4 Å². The van der Waals surface area contributed by atoms with Gasteiger partial charge >= 0.3 is 0 Å². The lowest BCUT2D eigenvalue weighted by Gasteiger charge is -2.09. The summed E-state index contributed by atoms with van der Waals surface area (Å²) in [6.45, 7) is 6.44. The van der Waals surface area contributed by atoms with Gasteiger partial charge in [0.2, 0.25) is 0 Å². The summed E-state index contributed by atoms with van der Waals surface area (Å²) in [6, 6.07) is 8.12. The first-order chi connectivity index (χ1) is 9.13. The molecule has 1 rings (SSSR count). The number of hydrogen-bond acceptors (Lipinski definition) is 2. The van der Waals surface area contributed by atoms with Crippen molar-refractivity contribution in [2.75, 3.05) is 13.7 Å². The van der Waals surface area contributed by atoms with Gasteiger partial charge in [0.1, 0.15) is 0 Å². The lowest BCUT2D eigenvalue weighted by Crippen LogP contribution is -2.32. The highest BCUT2D eigenvalue weighted by molar-refractivity contribution is 14.0. The maximum atomic E-state index is 5.84. The molecule has 0 amide bonds. The van der Waals surface area contributed by atoms with Crippen LogP contribution in [-0.2, 0) is 17.9 Å². The number of hydrogen-bond donors (Lipinski definition) is 2. The average molecular weight is 391 g/mol. The highest BCUT2D eigenvalue weighted by Gasteiger charge is 2.01. The molecule has 0 aliphatic rings. The van der Waals surface area contributed by atoms with Crippen LogP contribution in [0.5, 0.6) is 0 Å². The Kier molecular flexibility index (Phi) is 10.5. The van der Waals surface area contributed by atoms with Gasteiger partial charge < -0.3 is 15.8 Å². The van der Waals surface area contributed by atoms with Crippen LogP contribution in [-0.4, -0.2) is 19.6 Å². The van der Waals surface area contributed by atoms with Crippen LogP contribution in [0.2, 0.25) is 0 Å². The second kappa shape index (κ2) is 10.9. The number of rotatable bonds is 7. The molecule has 0 heterocycles. The summed E-state index contributed by atoms with van der Waals surface area (Å²) in [5, 5.41) is 3.13. The minimum atomic E-state index is 0. The van der Waals surface area contributed by atoms with E-state index in [9.17, 15) is 0 Å². The maximum Gasteiger partial charge on any atom is 0.188 e. The van der Waals surface area contributed by atoms with Gasteiger partial charge in [0.15, 0.2) is 5.96 Å². The topological polar surface area (TPSA) is 59.6 Å². The number of methoxy groups -OCH3 is 1. The second-order valence-electron chi connectivity index (χ2n) is 5.01. The summed E-state index contributed by atoms with van der Waals surface area (Å²) in [5.41, 5.74) is 8.15. The van der Waals surface area contributed by atoms with Crippen molar-refractivity contribution in [3.63, 3.8) is 0 Å². The molecule has 0 radical (unpaired) electrons. The van der Waals surface area contributed by atoms with Gasteiger partial charge in [0, 0.05) is 13.7 Å². The zero-order chi connectivity index (χ0) is 14.1. The van der Waals surface area contributed by atoms with Crippen molar-refractivity contribution in [1.82, 2.24) is 5.32 Å². The van der Waals surface area contributed by atoms with Crippen LogP contribution in [0.3, 0.4) is 0 Å². The van der Waals surface area contributed by atoms with E-state index < -0.39 is 0 Å². The number of guanidine groups is 1. The fourth-order valence-corrected chi connectivity index (χ4v) is 1.72. The van der Waals surface area contributed by atoms with E-state index in [-0.39, 0.29) is 24.0 Å². The summed E-state index contributed by atoms with van der Waals surface area (Å²) < 4.78 is 5.17. The number of halogens is 1. The molecule has 0 aromatic heterocycles. The van der Waals surface area contributed by atoms with E-state index >= 15 is 0 Å². The van der Waals surface area contributed by atoms with Gasteiger partial charge in [-0.25, -0.2) is 4.99 Å². The van der Waals surface area contributed by atoms with Crippen LogP contribution in [0, 0.1) is 5.92 Å². The largest absolute Gasteiger partial charge is 0.380 e. The van der Waals surface area contributed by atoms with E-state index in [0.717, 1.165) is 24.1 Å². The summed E-state index contributed by atoms with van der Waals surface area (Å²) in [5.74, 6) is 1.18.